The summed E-state index contributed by atoms with van der Waals surface area (Å²) in [7, 11) is 0. The van der Waals surface area contributed by atoms with Crippen molar-refractivity contribution in [2.75, 3.05) is 13.2 Å². The number of hydrogen-bond donors (Lipinski definition) is 3. The van der Waals surface area contributed by atoms with Crippen LogP contribution in [0.3, 0.4) is 0 Å². The van der Waals surface area contributed by atoms with Crippen molar-refractivity contribution in [3.63, 3.8) is 0 Å². The summed E-state index contributed by atoms with van der Waals surface area (Å²) < 4.78 is 5.43. The molecule has 6 heteroatoms. The van der Waals surface area contributed by atoms with E-state index in [1.54, 1.807) is 0 Å². The van der Waals surface area contributed by atoms with Gasteiger partial charge in [-0.05, 0) is 25.7 Å². The molecule has 2 atom stereocenters. The first kappa shape index (κ1) is 48.9. The van der Waals surface area contributed by atoms with Gasteiger partial charge in [-0.25, -0.2) is 0 Å². The van der Waals surface area contributed by atoms with Gasteiger partial charge < -0.3 is 20.3 Å². The van der Waals surface area contributed by atoms with E-state index in [0.29, 0.717) is 25.9 Å². The first-order chi connectivity index (χ1) is 24.5. The largest absolute Gasteiger partial charge is 0.466 e. The Labute approximate surface area is 311 Å². The van der Waals surface area contributed by atoms with Crippen LogP contribution in [0.15, 0.2) is 0 Å². The van der Waals surface area contributed by atoms with E-state index in [9.17, 15) is 19.8 Å². The molecule has 0 aliphatic rings. The lowest BCUT2D eigenvalue weighted by Gasteiger charge is -2.22. The van der Waals surface area contributed by atoms with Gasteiger partial charge in [-0.15, -0.1) is 0 Å². The van der Waals surface area contributed by atoms with E-state index < -0.39 is 12.1 Å². The van der Waals surface area contributed by atoms with Gasteiger partial charge in [0, 0.05) is 12.8 Å². The Balaban J connectivity index is 3.48. The fourth-order valence-corrected chi connectivity index (χ4v) is 6.93. The molecule has 3 N–H and O–H groups in total. The topological polar surface area (TPSA) is 95.9 Å². The van der Waals surface area contributed by atoms with Crippen LogP contribution in [-0.4, -0.2) is 47.4 Å². The van der Waals surface area contributed by atoms with Crippen LogP contribution in [0.1, 0.15) is 245 Å². The van der Waals surface area contributed by atoms with E-state index in [4.69, 9.17) is 4.74 Å². The Bertz CT molecular complexity index is 702. The zero-order valence-electron chi connectivity index (χ0n) is 33.6. The molecule has 0 bridgehead atoms. The predicted octanol–water partition coefficient (Wildman–Crippen LogP) is 12.5. The summed E-state index contributed by atoms with van der Waals surface area (Å²) in [6.07, 6.45) is 41.9. The van der Waals surface area contributed by atoms with Crippen molar-refractivity contribution < 1.29 is 24.5 Å². The van der Waals surface area contributed by atoms with Gasteiger partial charge in [-0.2, -0.15) is 0 Å². The van der Waals surface area contributed by atoms with Crippen molar-refractivity contribution in [3.05, 3.63) is 0 Å². The molecule has 0 saturated heterocycles. The van der Waals surface area contributed by atoms with Crippen LogP contribution in [0.4, 0.5) is 0 Å². The third-order valence-electron chi connectivity index (χ3n) is 10.4. The number of unbranched alkanes of at least 4 members (excludes halogenated alkanes) is 30. The summed E-state index contributed by atoms with van der Waals surface area (Å²) in [6, 6.07) is -0.554. The third-order valence-corrected chi connectivity index (χ3v) is 10.4. The van der Waals surface area contributed by atoms with Gasteiger partial charge in [0.05, 0.1) is 25.4 Å². The highest BCUT2D eigenvalue weighted by Gasteiger charge is 2.20. The number of aliphatic hydroxyl groups is 2. The standard InChI is InChI=1S/C44H87NO5/c1-3-5-7-9-11-13-15-17-20-24-28-32-36-42(47)41(40-46)45-43(48)37-33-29-25-21-18-19-23-27-31-35-39-50-44(49)38-34-30-26-22-16-14-12-10-8-6-4-2/h41-42,46-47H,3-40H2,1-2H3,(H,45,48). The number of aliphatic hydroxyl groups excluding tert-OH is 2. The van der Waals surface area contributed by atoms with E-state index in [1.807, 2.05) is 0 Å². The number of nitrogens with one attached hydrogen (secondary N) is 1. The molecule has 2 unspecified atom stereocenters. The lowest BCUT2D eigenvalue weighted by atomic mass is 10.0. The van der Waals surface area contributed by atoms with Gasteiger partial charge in [0.2, 0.25) is 5.91 Å². The van der Waals surface area contributed by atoms with Crippen molar-refractivity contribution in [2.45, 2.75) is 257 Å². The summed E-state index contributed by atoms with van der Waals surface area (Å²) in [5, 5.41) is 23.1. The summed E-state index contributed by atoms with van der Waals surface area (Å²) in [5.74, 6) is -0.0770. The lowest BCUT2D eigenvalue weighted by Crippen LogP contribution is -2.45. The van der Waals surface area contributed by atoms with Crippen LogP contribution in [0.5, 0.6) is 0 Å². The van der Waals surface area contributed by atoms with Gasteiger partial charge >= 0.3 is 5.97 Å². The molecule has 0 aromatic rings. The second-order valence-corrected chi connectivity index (χ2v) is 15.4. The van der Waals surface area contributed by atoms with E-state index in [1.165, 1.54) is 154 Å². The van der Waals surface area contributed by atoms with Gasteiger partial charge in [0.1, 0.15) is 0 Å². The third kappa shape index (κ3) is 36.6. The molecule has 0 aromatic heterocycles. The highest BCUT2D eigenvalue weighted by Crippen LogP contribution is 2.16. The van der Waals surface area contributed by atoms with Crippen LogP contribution >= 0.6 is 0 Å². The smallest absolute Gasteiger partial charge is 0.305 e. The molecule has 6 nitrogen and oxygen atoms in total. The van der Waals surface area contributed by atoms with Crippen molar-refractivity contribution in [3.8, 4) is 0 Å². The Morgan fingerprint density at radius 1 is 0.480 bits per heavy atom. The number of esters is 1. The minimum atomic E-state index is -0.675. The molecule has 50 heavy (non-hydrogen) atoms. The summed E-state index contributed by atoms with van der Waals surface area (Å²) >= 11 is 0. The Hall–Kier alpha value is -1.14. The molecule has 0 aliphatic carbocycles. The summed E-state index contributed by atoms with van der Waals surface area (Å²) in [5.41, 5.74) is 0. The first-order valence-electron chi connectivity index (χ1n) is 22.3. The monoisotopic (exact) mass is 710 g/mol. The van der Waals surface area contributed by atoms with E-state index in [0.717, 1.165) is 57.8 Å². The van der Waals surface area contributed by atoms with E-state index in [2.05, 4.69) is 19.2 Å². The van der Waals surface area contributed by atoms with E-state index >= 15 is 0 Å². The number of hydrogen-bond acceptors (Lipinski definition) is 5. The average Bonchev–Trinajstić information content (AvgIpc) is 3.11. The maximum atomic E-state index is 12.4. The number of carbonyl (C=O) groups excluding carboxylic acids is 2. The molecular formula is C44H87NO5. The molecule has 0 spiro atoms. The van der Waals surface area contributed by atoms with Crippen LogP contribution in [0.2, 0.25) is 0 Å². The summed E-state index contributed by atoms with van der Waals surface area (Å²) in [4.78, 5) is 24.3. The van der Waals surface area contributed by atoms with Crippen molar-refractivity contribution in [2.24, 2.45) is 0 Å². The quantitative estimate of drug-likeness (QED) is 0.0434. The molecule has 0 heterocycles. The molecule has 1 amide bonds. The van der Waals surface area contributed by atoms with Crippen LogP contribution < -0.4 is 5.32 Å². The number of amides is 1. The number of rotatable bonds is 41. The molecule has 0 rings (SSSR count). The zero-order valence-corrected chi connectivity index (χ0v) is 33.6. The Morgan fingerprint density at radius 3 is 1.22 bits per heavy atom. The molecule has 0 aromatic carbocycles. The Morgan fingerprint density at radius 2 is 0.820 bits per heavy atom. The highest BCUT2D eigenvalue weighted by atomic mass is 16.5. The SMILES string of the molecule is CCCCCCCCCCCCCCC(O)C(CO)NC(=O)CCCCCCCCCCCCOC(=O)CCCCCCCCCCCCC. The van der Waals surface area contributed by atoms with Crippen molar-refractivity contribution >= 4 is 11.9 Å². The fourth-order valence-electron chi connectivity index (χ4n) is 6.93. The van der Waals surface area contributed by atoms with Crippen LogP contribution in [-0.2, 0) is 14.3 Å². The van der Waals surface area contributed by atoms with Crippen molar-refractivity contribution in [1.29, 1.82) is 0 Å². The minimum Gasteiger partial charge on any atom is -0.466 e. The normalized spacial score (nSPS) is 12.6. The summed E-state index contributed by atoms with van der Waals surface area (Å²) in [6.45, 7) is 4.89. The highest BCUT2D eigenvalue weighted by molar-refractivity contribution is 5.76. The second kappa shape index (κ2) is 40.6. The molecule has 298 valence electrons. The molecule has 0 aliphatic heterocycles. The van der Waals surface area contributed by atoms with Crippen LogP contribution in [0.25, 0.3) is 0 Å². The average molecular weight is 710 g/mol. The van der Waals surface area contributed by atoms with E-state index in [-0.39, 0.29) is 18.5 Å². The second-order valence-electron chi connectivity index (χ2n) is 15.4. The van der Waals surface area contributed by atoms with Crippen molar-refractivity contribution in [1.82, 2.24) is 5.32 Å². The molecule has 0 saturated carbocycles. The van der Waals surface area contributed by atoms with Gasteiger partial charge in [-0.1, -0.05) is 206 Å². The number of carbonyl (C=O) groups is 2. The van der Waals surface area contributed by atoms with Crippen LogP contribution in [0, 0.1) is 0 Å². The molecule has 0 radical (unpaired) electrons. The lowest BCUT2D eigenvalue weighted by molar-refractivity contribution is -0.143. The van der Waals surface area contributed by atoms with Gasteiger partial charge in [0.25, 0.3) is 0 Å². The predicted molar refractivity (Wildman–Crippen MR) is 214 cm³/mol. The fraction of sp³-hybridized carbons (Fsp3) is 0.955. The maximum absolute atomic E-state index is 12.4. The molecule has 0 fully saturated rings. The zero-order chi connectivity index (χ0) is 36.6. The maximum Gasteiger partial charge on any atom is 0.305 e. The van der Waals surface area contributed by atoms with Gasteiger partial charge in [-0.3, -0.25) is 9.59 Å². The minimum absolute atomic E-state index is 0.0192. The molecular weight excluding hydrogens is 622 g/mol. The number of ether oxygens (including phenoxy) is 1. The Kier molecular flexibility index (Phi) is 39.7. The first-order valence-corrected chi connectivity index (χ1v) is 22.3. The van der Waals surface area contributed by atoms with Gasteiger partial charge in [0.15, 0.2) is 0 Å².